The molecule has 0 unspecified atom stereocenters. The number of hydrogen-bond acceptors (Lipinski definition) is 3. The van der Waals surface area contributed by atoms with Crippen molar-refractivity contribution in [3.63, 3.8) is 0 Å². The fourth-order valence-electron chi connectivity index (χ4n) is 4.05. The third-order valence-corrected chi connectivity index (χ3v) is 6.24. The van der Waals surface area contributed by atoms with Crippen LogP contribution in [0.25, 0.3) is 0 Å². The molecule has 1 saturated heterocycles. The van der Waals surface area contributed by atoms with Gasteiger partial charge in [-0.1, -0.05) is 24.6 Å². The maximum Gasteiger partial charge on any atom is 0.253 e. The molecule has 0 spiro atoms. The lowest BCUT2D eigenvalue weighted by Crippen LogP contribution is -2.55. The Morgan fingerprint density at radius 3 is 2.30 bits per heavy atom. The molecule has 3 rings (SSSR count). The van der Waals surface area contributed by atoms with Crippen molar-refractivity contribution in [2.75, 3.05) is 13.1 Å². The van der Waals surface area contributed by atoms with Gasteiger partial charge >= 0.3 is 0 Å². The van der Waals surface area contributed by atoms with Crippen LogP contribution in [0.3, 0.4) is 0 Å². The summed E-state index contributed by atoms with van der Waals surface area (Å²) < 4.78 is 13.2. The highest BCUT2D eigenvalue weighted by atomic mass is 19.1. The first kappa shape index (κ1) is 24.4. The molecule has 2 aromatic carbocycles. The van der Waals surface area contributed by atoms with E-state index in [1.807, 2.05) is 32.9 Å². The van der Waals surface area contributed by atoms with E-state index in [2.05, 4.69) is 10.6 Å². The summed E-state index contributed by atoms with van der Waals surface area (Å²) >= 11 is 0. The molecule has 6 nitrogen and oxygen atoms in total. The molecule has 1 aliphatic rings. The molecule has 1 fully saturated rings. The lowest BCUT2D eigenvalue weighted by atomic mass is 9.88. The number of nitrogens with one attached hydrogen (secondary N) is 2. The summed E-state index contributed by atoms with van der Waals surface area (Å²) in [5.41, 5.74) is 1.92. The second-order valence-corrected chi connectivity index (χ2v) is 8.78. The lowest BCUT2D eigenvalue weighted by molar-refractivity contribution is -0.125. The van der Waals surface area contributed by atoms with Gasteiger partial charge in [0.1, 0.15) is 11.9 Å². The number of rotatable bonds is 7. The largest absolute Gasteiger partial charge is 0.352 e. The summed E-state index contributed by atoms with van der Waals surface area (Å²) in [6.45, 7) is 6.77. The van der Waals surface area contributed by atoms with Crippen LogP contribution in [0.5, 0.6) is 0 Å². The van der Waals surface area contributed by atoms with E-state index in [9.17, 15) is 18.8 Å². The number of nitrogens with zero attached hydrogens (tertiary/aromatic N) is 1. The maximum absolute atomic E-state index is 13.2. The average Bonchev–Trinajstić information content (AvgIpc) is 2.82. The summed E-state index contributed by atoms with van der Waals surface area (Å²) in [6, 6.07) is 12.1. The Morgan fingerprint density at radius 2 is 1.70 bits per heavy atom. The highest BCUT2D eigenvalue weighted by Gasteiger charge is 2.34. The third-order valence-electron chi connectivity index (χ3n) is 6.24. The number of benzene rings is 2. The first-order chi connectivity index (χ1) is 15.8. The smallest absolute Gasteiger partial charge is 0.253 e. The predicted octanol–water partition coefficient (Wildman–Crippen LogP) is 3.70. The molecule has 7 heteroatoms. The zero-order valence-corrected chi connectivity index (χ0v) is 19.4. The minimum atomic E-state index is -0.685. The van der Waals surface area contributed by atoms with Crippen LogP contribution in [-0.4, -0.2) is 47.8 Å². The Labute approximate surface area is 194 Å². The zero-order chi connectivity index (χ0) is 24.0. The molecule has 0 saturated carbocycles. The van der Waals surface area contributed by atoms with Gasteiger partial charge in [0.25, 0.3) is 11.8 Å². The summed E-state index contributed by atoms with van der Waals surface area (Å²) in [5.74, 6) is -1.12. The Hall–Kier alpha value is -3.22. The van der Waals surface area contributed by atoms with E-state index in [-0.39, 0.29) is 35.5 Å². The number of halogens is 1. The molecular formula is C26H32FN3O3. The number of hydrogen-bond donors (Lipinski definition) is 2. The average molecular weight is 454 g/mol. The van der Waals surface area contributed by atoms with Crippen molar-refractivity contribution >= 4 is 17.7 Å². The van der Waals surface area contributed by atoms with Gasteiger partial charge in [-0.3, -0.25) is 14.4 Å². The fourth-order valence-corrected chi connectivity index (χ4v) is 4.05. The molecular weight excluding hydrogens is 421 g/mol. The van der Waals surface area contributed by atoms with Crippen LogP contribution in [0.1, 0.15) is 59.4 Å². The Bertz CT molecular complexity index is 985. The molecule has 2 aromatic rings. The molecule has 0 aliphatic carbocycles. The number of amides is 3. The topological polar surface area (TPSA) is 78.5 Å². The first-order valence-corrected chi connectivity index (χ1v) is 11.5. The Balaban J connectivity index is 1.70. The molecule has 0 bridgehead atoms. The fraction of sp³-hybridized carbons (Fsp3) is 0.423. The van der Waals surface area contributed by atoms with Crippen LogP contribution in [0.15, 0.2) is 48.5 Å². The van der Waals surface area contributed by atoms with Crippen LogP contribution in [-0.2, 0) is 4.79 Å². The van der Waals surface area contributed by atoms with Crippen molar-refractivity contribution < 1.29 is 18.8 Å². The Kier molecular flexibility index (Phi) is 8.20. The summed E-state index contributed by atoms with van der Waals surface area (Å²) in [5, 5.41) is 5.94. The van der Waals surface area contributed by atoms with Crippen LogP contribution >= 0.6 is 0 Å². The molecule has 0 aromatic heterocycles. The van der Waals surface area contributed by atoms with Crippen LogP contribution in [0, 0.1) is 18.7 Å². The Morgan fingerprint density at radius 1 is 1.03 bits per heavy atom. The van der Waals surface area contributed by atoms with Crippen molar-refractivity contribution in [3.8, 4) is 0 Å². The standard InChI is InChI=1S/C26H32FN3O3/c1-4-18(3)28-25(32)23(29-24(31)21-7-5-6-17(2)16-21)19-12-14-30(15-13-19)26(33)20-8-10-22(27)11-9-20/h5-11,16,18-19,23H,4,12-15H2,1-3H3,(H,28,32)(H,29,31)/t18-,23-/m1/s1. The van der Waals surface area contributed by atoms with Crippen molar-refractivity contribution in [2.24, 2.45) is 5.92 Å². The summed E-state index contributed by atoms with van der Waals surface area (Å²) in [4.78, 5) is 40.5. The molecule has 3 amide bonds. The van der Waals surface area contributed by atoms with Gasteiger partial charge in [-0.05, 0) is 75.4 Å². The maximum atomic E-state index is 13.2. The van der Waals surface area contributed by atoms with Gasteiger partial charge < -0.3 is 15.5 Å². The van der Waals surface area contributed by atoms with Gasteiger partial charge in [-0.25, -0.2) is 4.39 Å². The van der Waals surface area contributed by atoms with E-state index in [1.165, 1.54) is 24.3 Å². The van der Waals surface area contributed by atoms with E-state index < -0.39 is 6.04 Å². The van der Waals surface area contributed by atoms with Gasteiger partial charge in [-0.15, -0.1) is 0 Å². The number of piperidine rings is 1. The molecule has 2 atom stereocenters. The van der Waals surface area contributed by atoms with E-state index in [1.54, 1.807) is 17.0 Å². The molecule has 2 N–H and O–H groups in total. The number of carbonyl (C=O) groups excluding carboxylic acids is 3. The lowest BCUT2D eigenvalue weighted by Gasteiger charge is -2.36. The highest BCUT2D eigenvalue weighted by molar-refractivity contribution is 5.98. The van der Waals surface area contributed by atoms with Crippen molar-refractivity contribution in [1.82, 2.24) is 15.5 Å². The number of likely N-dealkylation sites (tertiary alicyclic amines) is 1. The number of aryl methyl sites for hydroxylation is 1. The van der Waals surface area contributed by atoms with E-state index in [4.69, 9.17) is 0 Å². The van der Waals surface area contributed by atoms with E-state index in [0.717, 1.165) is 12.0 Å². The van der Waals surface area contributed by atoms with Crippen molar-refractivity contribution in [3.05, 3.63) is 71.0 Å². The van der Waals surface area contributed by atoms with Crippen LogP contribution < -0.4 is 10.6 Å². The van der Waals surface area contributed by atoms with Crippen LogP contribution in [0.2, 0.25) is 0 Å². The van der Waals surface area contributed by atoms with Crippen molar-refractivity contribution in [1.29, 1.82) is 0 Å². The minimum absolute atomic E-state index is 0.00369. The van der Waals surface area contributed by atoms with Crippen molar-refractivity contribution in [2.45, 2.75) is 52.1 Å². The first-order valence-electron chi connectivity index (χ1n) is 11.5. The monoisotopic (exact) mass is 453 g/mol. The minimum Gasteiger partial charge on any atom is -0.352 e. The molecule has 33 heavy (non-hydrogen) atoms. The summed E-state index contributed by atoms with van der Waals surface area (Å²) in [7, 11) is 0. The molecule has 1 aliphatic heterocycles. The van der Waals surface area contributed by atoms with Gasteiger partial charge in [-0.2, -0.15) is 0 Å². The summed E-state index contributed by atoms with van der Waals surface area (Å²) in [6.07, 6.45) is 1.95. The van der Waals surface area contributed by atoms with E-state index in [0.29, 0.717) is 37.1 Å². The normalized spacial score (nSPS) is 16.1. The predicted molar refractivity (Wildman–Crippen MR) is 125 cm³/mol. The highest BCUT2D eigenvalue weighted by Crippen LogP contribution is 2.23. The quantitative estimate of drug-likeness (QED) is 0.671. The van der Waals surface area contributed by atoms with Gasteiger partial charge in [0.05, 0.1) is 0 Å². The van der Waals surface area contributed by atoms with Gasteiger partial charge in [0.2, 0.25) is 5.91 Å². The molecule has 176 valence electrons. The molecule has 0 radical (unpaired) electrons. The van der Waals surface area contributed by atoms with E-state index >= 15 is 0 Å². The number of carbonyl (C=O) groups is 3. The van der Waals surface area contributed by atoms with Gasteiger partial charge in [0, 0.05) is 30.3 Å². The van der Waals surface area contributed by atoms with Gasteiger partial charge in [0.15, 0.2) is 0 Å². The molecule has 1 heterocycles. The van der Waals surface area contributed by atoms with Crippen LogP contribution in [0.4, 0.5) is 4.39 Å². The zero-order valence-electron chi connectivity index (χ0n) is 19.4. The second kappa shape index (κ2) is 11.1. The SMILES string of the molecule is CC[C@@H](C)NC(=O)[C@H](NC(=O)c1cccc(C)c1)C1CCN(C(=O)c2ccc(F)cc2)CC1. The second-order valence-electron chi connectivity index (χ2n) is 8.78. The third kappa shape index (κ3) is 6.40.